The topological polar surface area (TPSA) is 43.4 Å². The minimum Gasteiger partial charge on any atom is -0.465 e. The van der Waals surface area contributed by atoms with E-state index in [9.17, 15) is 35.9 Å². The summed E-state index contributed by atoms with van der Waals surface area (Å²) in [6, 6.07) is 0.580. The van der Waals surface area contributed by atoms with Gasteiger partial charge in [0.2, 0.25) is 0 Å². The van der Waals surface area contributed by atoms with Crippen molar-refractivity contribution in [1.82, 2.24) is 0 Å². The van der Waals surface area contributed by atoms with Crippen molar-refractivity contribution in [2.24, 2.45) is 0 Å². The molecule has 0 amide bonds. The fourth-order valence-electron chi connectivity index (χ4n) is 1.57. The van der Waals surface area contributed by atoms with Crippen LogP contribution in [0.15, 0.2) is 12.1 Å². The van der Waals surface area contributed by atoms with E-state index in [1.54, 1.807) is 0 Å². The first-order valence-corrected chi connectivity index (χ1v) is 4.89. The Hall–Kier alpha value is -2.06. The van der Waals surface area contributed by atoms with Crippen LogP contribution in [0.5, 0.6) is 0 Å². The second-order valence-electron chi connectivity index (χ2n) is 3.56. The molecule has 0 atom stereocenters. The van der Waals surface area contributed by atoms with E-state index >= 15 is 0 Å². The second kappa shape index (κ2) is 5.14. The first-order valence-electron chi connectivity index (χ1n) is 4.89. The first kappa shape index (κ1) is 16.0. The van der Waals surface area contributed by atoms with Crippen molar-refractivity contribution in [3.63, 3.8) is 0 Å². The van der Waals surface area contributed by atoms with Crippen LogP contribution in [0.2, 0.25) is 0 Å². The number of methoxy groups -OCH3 is 1. The third kappa shape index (κ3) is 2.91. The Bertz CT molecular complexity index is 544. The van der Waals surface area contributed by atoms with Gasteiger partial charge in [-0.15, -0.1) is 0 Å². The van der Waals surface area contributed by atoms with Crippen LogP contribution in [0.25, 0.3) is 0 Å². The van der Waals surface area contributed by atoms with Crippen molar-refractivity contribution in [1.29, 1.82) is 0 Å². The largest absolute Gasteiger partial charge is 0.465 e. The van der Waals surface area contributed by atoms with Crippen molar-refractivity contribution >= 4 is 12.3 Å². The zero-order chi connectivity index (χ0) is 15.7. The first-order chi connectivity index (χ1) is 9.04. The van der Waals surface area contributed by atoms with Gasteiger partial charge in [0.05, 0.1) is 23.8 Å². The highest BCUT2D eigenvalue weighted by Gasteiger charge is 2.45. The molecule has 1 aromatic carbocycles. The number of hydrogen-bond donors (Lipinski definition) is 0. The van der Waals surface area contributed by atoms with Gasteiger partial charge >= 0.3 is 18.3 Å². The second-order valence-corrected chi connectivity index (χ2v) is 3.56. The van der Waals surface area contributed by atoms with E-state index in [0.717, 1.165) is 0 Å². The molecule has 0 unspecified atom stereocenters. The molecule has 20 heavy (non-hydrogen) atoms. The van der Waals surface area contributed by atoms with Crippen LogP contribution in [0.1, 0.15) is 31.8 Å². The molecule has 3 nitrogen and oxygen atoms in total. The molecule has 0 bridgehead atoms. The molecule has 0 fully saturated rings. The van der Waals surface area contributed by atoms with Gasteiger partial charge in [0.15, 0.2) is 6.29 Å². The predicted octanol–water partition coefficient (Wildman–Crippen LogP) is 3.32. The number of carbonyl (C=O) groups excluding carboxylic acids is 2. The smallest absolute Gasteiger partial charge is 0.417 e. The van der Waals surface area contributed by atoms with Gasteiger partial charge in [0.1, 0.15) is 0 Å². The van der Waals surface area contributed by atoms with E-state index in [-0.39, 0.29) is 12.4 Å². The Morgan fingerprint density at radius 1 is 1.10 bits per heavy atom. The van der Waals surface area contributed by atoms with Crippen LogP contribution >= 0.6 is 0 Å². The minimum atomic E-state index is -5.32. The number of halogens is 6. The number of esters is 1. The average molecular weight is 300 g/mol. The zero-order valence-corrected chi connectivity index (χ0v) is 9.72. The predicted molar refractivity (Wildman–Crippen MR) is 53.2 cm³/mol. The third-order valence-corrected chi connectivity index (χ3v) is 2.34. The van der Waals surface area contributed by atoms with Gasteiger partial charge < -0.3 is 4.74 Å². The Morgan fingerprint density at radius 3 is 2.00 bits per heavy atom. The molecule has 0 aliphatic carbocycles. The lowest BCUT2D eigenvalue weighted by Crippen LogP contribution is -2.22. The summed E-state index contributed by atoms with van der Waals surface area (Å²) in [7, 11) is 0.635. The van der Waals surface area contributed by atoms with Crippen LogP contribution in [0, 0.1) is 0 Å². The van der Waals surface area contributed by atoms with Crippen molar-refractivity contribution in [2.45, 2.75) is 12.4 Å². The molecule has 0 radical (unpaired) electrons. The molecular formula is C11H6F6O3. The molecule has 0 N–H and O–H groups in total. The molecule has 0 spiro atoms. The average Bonchev–Trinajstić information content (AvgIpc) is 2.33. The van der Waals surface area contributed by atoms with Gasteiger partial charge in [-0.25, -0.2) is 4.79 Å². The van der Waals surface area contributed by atoms with Gasteiger partial charge in [0, 0.05) is 5.56 Å². The van der Waals surface area contributed by atoms with Crippen LogP contribution in [0.4, 0.5) is 26.3 Å². The highest BCUT2D eigenvalue weighted by Crippen LogP contribution is 2.41. The molecule has 1 aromatic rings. The number of carbonyl (C=O) groups is 2. The van der Waals surface area contributed by atoms with Gasteiger partial charge in [-0.1, -0.05) is 6.07 Å². The maximum atomic E-state index is 12.8. The fraction of sp³-hybridized carbons (Fsp3) is 0.273. The molecule has 0 heterocycles. The Labute approximate surface area is 108 Å². The molecule has 1 rings (SSSR count). The van der Waals surface area contributed by atoms with E-state index in [0.29, 0.717) is 13.2 Å². The molecule has 0 aliphatic heterocycles. The summed E-state index contributed by atoms with van der Waals surface area (Å²) in [6.07, 6.45) is -10.8. The summed E-state index contributed by atoms with van der Waals surface area (Å²) in [6.45, 7) is 0. The maximum Gasteiger partial charge on any atom is 0.417 e. The molecule has 0 saturated heterocycles. The van der Waals surface area contributed by atoms with Gasteiger partial charge in [-0.2, -0.15) is 26.3 Å². The lowest BCUT2D eigenvalue weighted by molar-refractivity contribution is -0.144. The summed E-state index contributed by atoms with van der Waals surface area (Å²) in [4.78, 5) is 21.8. The lowest BCUT2D eigenvalue weighted by atomic mass is 9.95. The normalized spacial score (nSPS) is 12.2. The monoisotopic (exact) mass is 300 g/mol. The number of aldehydes is 1. The highest BCUT2D eigenvalue weighted by atomic mass is 19.4. The molecule has 110 valence electrons. The number of benzene rings is 1. The van der Waals surface area contributed by atoms with Crippen LogP contribution in [0.3, 0.4) is 0 Å². The van der Waals surface area contributed by atoms with Crippen LogP contribution in [-0.4, -0.2) is 19.4 Å². The number of hydrogen-bond acceptors (Lipinski definition) is 3. The standard InChI is InChI=1S/C11H6F6O3/c1-20-9(19)7-6(10(12,13)14)3-2-5(4-18)8(7)11(15,16)17/h2-4H,1H3. The van der Waals surface area contributed by atoms with E-state index in [1.165, 1.54) is 0 Å². The van der Waals surface area contributed by atoms with E-state index < -0.39 is 40.6 Å². The quantitative estimate of drug-likeness (QED) is 0.478. The molecule has 0 saturated carbocycles. The summed E-state index contributed by atoms with van der Waals surface area (Å²) >= 11 is 0. The lowest BCUT2D eigenvalue weighted by Gasteiger charge is -2.18. The van der Waals surface area contributed by atoms with E-state index in [1.807, 2.05) is 0 Å². The van der Waals surface area contributed by atoms with Crippen molar-refractivity contribution in [3.05, 3.63) is 34.4 Å². The summed E-state index contributed by atoms with van der Waals surface area (Å²) < 4.78 is 80.5. The SMILES string of the molecule is COC(=O)c1c(C(F)(F)F)ccc(C=O)c1C(F)(F)F. The van der Waals surface area contributed by atoms with Crippen molar-refractivity contribution in [3.8, 4) is 0 Å². The van der Waals surface area contributed by atoms with E-state index in [2.05, 4.69) is 4.74 Å². The van der Waals surface area contributed by atoms with Crippen molar-refractivity contribution in [2.75, 3.05) is 7.11 Å². The number of rotatable bonds is 2. The summed E-state index contributed by atoms with van der Waals surface area (Å²) in [5, 5.41) is 0. The van der Waals surface area contributed by atoms with Crippen LogP contribution < -0.4 is 0 Å². The molecule has 0 aromatic heterocycles. The number of ether oxygens (including phenoxy) is 1. The number of alkyl halides is 6. The molecular weight excluding hydrogens is 294 g/mol. The van der Waals surface area contributed by atoms with Crippen LogP contribution in [-0.2, 0) is 17.1 Å². The Kier molecular flexibility index (Phi) is 4.11. The Balaban J connectivity index is 3.85. The molecule has 0 aliphatic rings. The Morgan fingerprint density at radius 2 is 1.65 bits per heavy atom. The fourth-order valence-corrected chi connectivity index (χ4v) is 1.57. The van der Waals surface area contributed by atoms with Gasteiger partial charge in [-0.05, 0) is 6.07 Å². The third-order valence-electron chi connectivity index (χ3n) is 2.34. The highest BCUT2D eigenvalue weighted by molar-refractivity contribution is 5.96. The summed E-state index contributed by atoms with van der Waals surface area (Å²) in [5.41, 5.74) is -6.58. The molecule has 9 heteroatoms. The van der Waals surface area contributed by atoms with E-state index in [4.69, 9.17) is 0 Å². The van der Waals surface area contributed by atoms with Crippen molar-refractivity contribution < 1.29 is 40.7 Å². The van der Waals surface area contributed by atoms with Gasteiger partial charge in [0.25, 0.3) is 0 Å². The maximum absolute atomic E-state index is 12.8. The minimum absolute atomic E-state index is 0.227. The summed E-state index contributed by atoms with van der Waals surface area (Å²) in [5.74, 6) is -1.83. The van der Waals surface area contributed by atoms with Gasteiger partial charge in [-0.3, -0.25) is 4.79 Å². The zero-order valence-electron chi connectivity index (χ0n) is 9.72.